The maximum atomic E-state index is 11.4. The smallest absolute Gasteiger partial charge is 0.188 e. The summed E-state index contributed by atoms with van der Waals surface area (Å²) in [6.45, 7) is 5.95. The van der Waals surface area contributed by atoms with Crippen LogP contribution < -0.4 is 11.1 Å². The second-order valence-electron chi connectivity index (χ2n) is 6.51. The van der Waals surface area contributed by atoms with Gasteiger partial charge in [0.1, 0.15) is 9.84 Å². The van der Waals surface area contributed by atoms with Crippen molar-refractivity contribution in [3.63, 3.8) is 0 Å². The Morgan fingerprint density at radius 2 is 2.05 bits per heavy atom. The van der Waals surface area contributed by atoms with Crippen molar-refractivity contribution in [2.75, 3.05) is 57.9 Å². The molecule has 0 aromatic heterocycles. The van der Waals surface area contributed by atoms with E-state index in [1.807, 2.05) is 0 Å². The SMILES string of the molecule is CS(=O)(=O)CC1(CN=C(N)NCCCN2CCOCC2)CC1. The topological polar surface area (TPSA) is 97.0 Å². The van der Waals surface area contributed by atoms with Gasteiger partial charge in [-0.05, 0) is 25.8 Å². The van der Waals surface area contributed by atoms with E-state index in [4.69, 9.17) is 10.5 Å². The fraction of sp³-hybridized carbons (Fsp3) is 0.929. The van der Waals surface area contributed by atoms with Gasteiger partial charge in [-0.15, -0.1) is 0 Å². The number of guanidine groups is 1. The van der Waals surface area contributed by atoms with Crippen molar-refractivity contribution < 1.29 is 13.2 Å². The normalized spacial score (nSPS) is 22.5. The van der Waals surface area contributed by atoms with Gasteiger partial charge >= 0.3 is 0 Å². The summed E-state index contributed by atoms with van der Waals surface area (Å²) in [5.74, 6) is 0.634. The van der Waals surface area contributed by atoms with E-state index >= 15 is 0 Å². The molecule has 8 heteroatoms. The van der Waals surface area contributed by atoms with Crippen LogP contribution >= 0.6 is 0 Å². The molecular weight excluding hydrogens is 304 g/mol. The Kier molecular flexibility index (Phi) is 6.05. The van der Waals surface area contributed by atoms with Gasteiger partial charge in [0.05, 0.1) is 19.0 Å². The first-order chi connectivity index (χ1) is 10.4. The molecule has 0 unspecified atom stereocenters. The summed E-state index contributed by atoms with van der Waals surface area (Å²) in [7, 11) is -2.95. The van der Waals surface area contributed by atoms with E-state index in [0.717, 1.165) is 58.7 Å². The van der Waals surface area contributed by atoms with Crippen LogP contribution in [-0.4, -0.2) is 77.2 Å². The summed E-state index contributed by atoms with van der Waals surface area (Å²) >= 11 is 0. The monoisotopic (exact) mass is 332 g/mol. The number of rotatable bonds is 8. The van der Waals surface area contributed by atoms with E-state index < -0.39 is 9.84 Å². The third kappa shape index (κ3) is 6.50. The Labute approximate surface area is 133 Å². The quantitative estimate of drug-likeness (QED) is 0.351. The summed E-state index contributed by atoms with van der Waals surface area (Å²) in [5.41, 5.74) is 5.69. The standard InChI is InChI=1S/C14H28N4O3S/c1-22(19,20)12-14(3-4-14)11-17-13(15)16-5-2-6-18-7-9-21-10-8-18/h2-12H2,1H3,(H3,15,16,17). The molecule has 1 aliphatic heterocycles. The van der Waals surface area contributed by atoms with Crippen molar-refractivity contribution >= 4 is 15.8 Å². The van der Waals surface area contributed by atoms with Crippen LogP contribution in [0.3, 0.4) is 0 Å². The summed E-state index contributed by atoms with van der Waals surface area (Å²) in [6, 6.07) is 0. The highest BCUT2D eigenvalue weighted by Crippen LogP contribution is 2.46. The minimum absolute atomic E-state index is 0.159. The van der Waals surface area contributed by atoms with Gasteiger partial charge in [0, 0.05) is 37.8 Å². The second-order valence-corrected chi connectivity index (χ2v) is 8.65. The van der Waals surface area contributed by atoms with E-state index in [9.17, 15) is 8.42 Å². The van der Waals surface area contributed by atoms with E-state index in [1.54, 1.807) is 0 Å². The minimum Gasteiger partial charge on any atom is -0.379 e. The third-order valence-corrected chi connectivity index (χ3v) is 5.31. The first-order valence-corrected chi connectivity index (χ1v) is 9.96. The highest BCUT2D eigenvalue weighted by molar-refractivity contribution is 7.90. The van der Waals surface area contributed by atoms with Gasteiger partial charge < -0.3 is 15.8 Å². The number of ether oxygens (including phenoxy) is 1. The van der Waals surface area contributed by atoms with Crippen LogP contribution in [0.4, 0.5) is 0 Å². The van der Waals surface area contributed by atoms with Crippen molar-refractivity contribution in [3.8, 4) is 0 Å². The molecule has 2 fully saturated rings. The molecule has 0 spiro atoms. The zero-order chi connectivity index (χ0) is 16.1. The summed E-state index contributed by atoms with van der Waals surface area (Å²) in [6.07, 6.45) is 4.14. The van der Waals surface area contributed by atoms with E-state index in [0.29, 0.717) is 12.5 Å². The van der Waals surface area contributed by atoms with Crippen molar-refractivity contribution in [3.05, 3.63) is 0 Å². The van der Waals surface area contributed by atoms with Crippen LogP contribution in [0.15, 0.2) is 4.99 Å². The van der Waals surface area contributed by atoms with Crippen LogP contribution in [0.5, 0.6) is 0 Å². The molecule has 1 aliphatic carbocycles. The number of nitrogens with two attached hydrogens (primary N) is 1. The van der Waals surface area contributed by atoms with Gasteiger partial charge in [-0.1, -0.05) is 0 Å². The zero-order valence-corrected chi connectivity index (χ0v) is 14.2. The van der Waals surface area contributed by atoms with Gasteiger partial charge in [-0.25, -0.2) is 8.42 Å². The maximum Gasteiger partial charge on any atom is 0.188 e. The molecule has 0 aromatic carbocycles. The predicted molar refractivity (Wildman–Crippen MR) is 87.7 cm³/mol. The Morgan fingerprint density at radius 1 is 1.36 bits per heavy atom. The number of morpholine rings is 1. The number of hydrogen-bond donors (Lipinski definition) is 2. The number of hydrogen-bond acceptors (Lipinski definition) is 5. The Bertz CT molecular complexity index is 482. The van der Waals surface area contributed by atoms with Gasteiger partial charge in [0.15, 0.2) is 5.96 Å². The molecular formula is C14H28N4O3S. The minimum atomic E-state index is -2.95. The predicted octanol–water partition coefficient (Wildman–Crippen LogP) is -0.562. The van der Waals surface area contributed by atoms with Crippen molar-refractivity contribution in [1.82, 2.24) is 10.2 Å². The summed E-state index contributed by atoms with van der Waals surface area (Å²) in [5, 5.41) is 3.11. The lowest BCUT2D eigenvalue weighted by molar-refractivity contribution is 0.0376. The highest BCUT2D eigenvalue weighted by Gasteiger charge is 2.45. The first kappa shape index (κ1) is 17.5. The van der Waals surface area contributed by atoms with Crippen LogP contribution in [0, 0.1) is 5.41 Å². The van der Waals surface area contributed by atoms with E-state index in [2.05, 4.69) is 15.2 Å². The Balaban J connectivity index is 1.61. The van der Waals surface area contributed by atoms with Gasteiger partial charge in [-0.3, -0.25) is 9.89 Å². The van der Waals surface area contributed by atoms with Crippen LogP contribution in [-0.2, 0) is 14.6 Å². The second kappa shape index (κ2) is 7.61. The fourth-order valence-corrected chi connectivity index (χ4v) is 4.23. The molecule has 0 aromatic rings. The number of nitrogens with zero attached hydrogens (tertiary/aromatic N) is 2. The largest absolute Gasteiger partial charge is 0.379 e. The average molecular weight is 332 g/mol. The summed E-state index contributed by atoms with van der Waals surface area (Å²) < 4.78 is 28.1. The van der Waals surface area contributed by atoms with Crippen LogP contribution in [0.25, 0.3) is 0 Å². The molecule has 1 saturated heterocycles. The maximum absolute atomic E-state index is 11.4. The lowest BCUT2D eigenvalue weighted by Gasteiger charge is -2.26. The summed E-state index contributed by atoms with van der Waals surface area (Å²) in [4.78, 5) is 6.69. The highest BCUT2D eigenvalue weighted by atomic mass is 32.2. The first-order valence-electron chi connectivity index (χ1n) is 7.90. The zero-order valence-electron chi connectivity index (χ0n) is 13.4. The molecule has 22 heavy (non-hydrogen) atoms. The molecule has 0 amide bonds. The fourth-order valence-electron chi connectivity index (χ4n) is 2.73. The lowest BCUT2D eigenvalue weighted by Crippen LogP contribution is -2.39. The van der Waals surface area contributed by atoms with Crippen LogP contribution in [0.1, 0.15) is 19.3 Å². The molecule has 3 N–H and O–H groups in total. The molecule has 128 valence electrons. The number of sulfone groups is 1. The van der Waals surface area contributed by atoms with Crippen molar-refractivity contribution in [2.45, 2.75) is 19.3 Å². The molecule has 1 heterocycles. The van der Waals surface area contributed by atoms with E-state index in [1.165, 1.54) is 6.26 Å². The van der Waals surface area contributed by atoms with E-state index in [-0.39, 0.29) is 11.2 Å². The average Bonchev–Trinajstić information content (AvgIpc) is 3.20. The molecule has 0 radical (unpaired) electrons. The lowest BCUT2D eigenvalue weighted by atomic mass is 10.1. The molecule has 0 atom stereocenters. The molecule has 2 aliphatic rings. The van der Waals surface area contributed by atoms with Crippen molar-refractivity contribution in [1.29, 1.82) is 0 Å². The van der Waals surface area contributed by atoms with Gasteiger partial charge in [-0.2, -0.15) is 0 Å². The van der Waals surface area contributed by atoms with Gasteiger partial charge in [0.2, 0.25) is 0 Å². The molecule has 0 bridgehead atoms. The molecule has 1 saturated carbocycles. The Morgan fingerprint density at radius 3 is 2.64 bits per heavy atom. The Hall–Kier alpha value is -0.860. The number of nitrogens with one attached hydrogen (secondary N) is 1. The molecule has 2 rings (SSSR count). The van der Waals surface area contributed by atoms with Crippen LogP contribution in [0.2, 0.25) is 0 Å². The number of aliphatic imine (C=N–C) groups is 1. The third-order valence-electron chi connectivity index (χ3n) is 4.17. The molecule has 7 nitrogen and oxygen atoms in total. The van der Waals surface area contributed by atoms with Crippen molar-refractivity contribution in [2.24, 2.45) is 16.1 Å². The van der Waals surface area contributed by atoms with Gasteiger partial charge in [0.25, 0.3) is 0 Å².